The summed E-state index contributed by atoms with van der Waals surface area (Å²) < 4.78 is 4.95. The second-order valence-electron chi connectivity index (χ2n) is 8.94. The maximum absolute atomic E-state index is 13.1. The molecule has 0 heterocycles. The predicted molar refractivity (Wildman–Crippen MR) is 123 cm³/mol. The van der Waals surface area contributed by atoms with Gasteiger partial charge in [0, 0.05) is 5.56 Å². The maximum Gasteiger partial charge on any atom is 0.337 e. The summed E-state index contributed by atoms with van der Waals surface area (Å²) >= 11 is 0. The molecular weight excluding hydrogens is 424 g/mol. The fraction of sp³-hybridized carbons (Fsp3) is 0.600. The zero-order valence-electron chi connectivity index (χ0n) is 19.7. The summed E-state index contributed by atoms with van der Waals surface area (Å²) in [6.07, 6.45) is 4.18. The van der Waals surface area contributed by atoms with Crippen molar-refractivity contribution < 1.29 is 29.0 Å². The molecule has 2 amide bonds. The van der Waals surface area contributed by atoms with Crippen LogP contribution in [-0.2, 0) is 19.1 Å². The molecule has 3 atom stereocenters. The Balaban J connectivity index is 2.12. The average molecular weight is 461 g/mol. The molecule has 1 aliphatic carbocycles. The highest BCUT2D eigenvalue weighted by atomic mass is 16.5. The Labute approximate surface area is 195 Å². The average Bonchev–Trinajstić information content (AvgIpc) is 2.82. The molecule has 1 fully saturated rings. The third-order valence-corrected chi connectivity index (χ3v) is 6.03. The summed E-state index contributed by atoms with van der Waals surface area (Å²) in [5.41, 5.74) is 0.228. The molecule has 0 radical (unpaired) electrons. The van der Waals surface area contributed by atoms with Gasteiger partial charge in [0.15, 0.2) is 6.10 Å². The van der Waals surface area contributed by atoms with Gasteiger partial charge in [0.25, 0.3) is 5.91 Å². The van der Waals surface area contributed by atoms with Crippen LogP contribution in [0.1, 0.15) is 69.7 Å². The Hall–Kier alpha value is -2.74. The minimum absolute atomic E-state index is 0.117. The molecule has 1 aliphatic rings. The third-order valence-electron chi connectivity index (χ3n) is 6.03. The molecule has 1 aromatic rings. The maximum atomic E-state index is 13.1. The number of esters is 1. The third kappa shape index (κ3) is 7.96. The lowest BCUT2D eigenvalue weighted by molar-refractivity contribution is -0.155. The van der Waals surface area contributed by atoms with Crippen LogP contribution in [0.2, 0.25) is 0 Å². The molecule has 0 spiro atoms. The van der Waals surface area contributed by atoms with Gasteiger partial charge in [0.1, 0.15) is 6.04 Å². The minimum Gasteiger partial charge on any atom is -0.464 e. The summed E-state index contributed by atoms with van der Waals surface area (Å²) in [6, 6.07) is 6.25. The number of ether oxygens (including phenoxy) is 1. The quantitative estimate of drug-likeness (QED) is 0.265. The minimum atomic E-state index is -1.51. The van der Waals surface area contributed by atoms with Crippen LogP contribution in [0.15, 0.2) is 30.3 Å². The summed E-state index contributed by atoms with van der Waals surface area (Å²) in [5.74, 6) is -3.01. The van der Waals surface area contributed by atoms with Crippen molar-refractivity contribution in [3.05, 3.63) is 35.9 Å². The molecule has 182 valence electrons. The highest BCUT2D eigenvalue weighted by Gasteiger charge is 2.35. The first-order valence-electron chi connectivity index (χ1n) is 11.8. The Morgan fingerprint density at radius 2 is 1.67 bits per heavy atom. The van der Waals surface area contributed by atoms with Crippen molar-refractivity contribution in [2.75, 3.05) is 6.61 Å². The molecule has 8 nitrogen and oxygen atoms in total. The topological polar surface area (TPSA) is 122 Å². The molecule has 0 aliphatic heterocycles. The summed E-state index contributed by atoms with van der Waals surface area (Å²) in [7, 11) is 0. The lowest BCUT2D eigenvalue weighted by atomic mass is 9.83. The number of carbonyl (C=O) groups excluding carboxylic acids is 4. The smallest absolute Gasteiger partial charge is 0.337 e. The number of Topliss-reactive ketones (excluding diaryl/α,β-unsaturated/α-hetero) is 1. The van der Waals surface area contributed by atoms with Gasteiger partial charge in [-0.2, -0.15) is 0 Å². The Kier molecular flexibility index (Phi) is 10.5. The highest BCUT2D eigenvalue weighted by Crippen LogP contribution is 2.28. The van der Waals surface area contributed by atoms with E-state index in [1.807, 2.05) is 0 Å². The molecule has 8 heteroatoms. The van der Waals surface area contributed by atoms with Gasteiger partial charge < -0.3 is 20.5 Å². The van der Waals surface area contributed by atoms with Gasteiger partial charge in [-0.3, -0.25) is 14.4 Å². The van der Waals surface area contributed by atoms with Crippen molar-refractivity contribution in [1.29, 1.82) is 0 Å². The molecule has 1 aromatic carbocycles. The molecule has 1 saturated carbocycles. The van der Waals surface area contributed by atoms with Gasteiger partial charge in [-0.1, -0.05) is 76.3 Å². The number of aliphatic hydroxyl groups is 1. The summed E-state index contributed by atoms with van der Waals surface area (Å²) in [5, 5.41) is 15.9. The van der Waals surface area contributed by atoms with Crippen molar-refractivity contribution in [3.63, 3.8) is 0 Å². The number of nitrogens with one attached hydrogen (secondary N) is 2. The zero-order valence-corrected chi connectivity index (χ0v) is 19.7. The lowest BCUT2D eigenvalue weighted by Crippen LogP contribution is -2.57. The number of aliphatic hydroxyl groups excluding tert-OH is 1. The van der Waals surface area contributed by atoms with Gasteiger partial charge in [-0.25, -0.2) is 4.79 Å². The molecule has 0 aromatic heterocycles. The van der Waals surface area contributed by atoms with Crippen molar-refractivity contribution in [2.45, 2.75) is 77.5 Å². The molecule has 3 N–H and O–H groups in total. The van der Waals surface area contributed by atoms with Gasteiger partial charge in [0.2, 0.25) is 11.7 Å². The number of hydrogen-bond donors (Lipinski definition) is 3. The van der Waals surface area contributed by atoms with Crippen LogP contribution in [0, 0.1) is 11.8 Å². The molecule has 2 rings (SSSR count). The number of benzene rings is 1. The monoisotopic (exact) mass is 460 g/mol. The highest BCUT2D eigenvalue weighted by molar-refractivity contribution is 6.43. The van der Waals surface area contributed by atoms with Crippen LogP contribution in [0.25, 0.3) is 0 Å². The van der Waals surface area contributed by atoms with Crippen molar-refractivity contribution >= 4 is 23.6 Å². The van der Waals surface area contributed by atoms with Crippen molar-refractivity contribution in [2.24, 2.45) is 11.8 Å². The fourth-order valence-electron chi connectivity index (χ4n) is 4.18. The van der Waals surface area contributed by atoms with E-state index in [1.165, 1.54) is 12.1 Å². The summed E-state index contributed by atoms with van der Waals surface area (Å²) in [4.78, 5) is 50.3. The molecule has 0 unspecified atom stereocenters. The Morgan fingerprint density at radius 1 is 1.03 bits per heavy atom. The normalized spacial score (nSPS) is 17.0. The zero-order chi connectivity index (χ0) is 24.4. The summed E-state index contributed by atoms with van der Waals surface area (Å²) in [6.45, 7) is 5.25. The van der Waals surface area contributed by atoms with Gasteiger partial charge in [-0.15, -0.1) is 0 Å². The number of ketones is 1. The van der Waals surface area contributed by atoms with E-state index in [9.17, 15) is 24.3 Å². The van der Waals surface area contributed by atoms with E-state index in [4.69, 9.17) is 4.74 Å². The first kappa shape index (κ1) is 26.5. The van der Waals surface area contributed by atoms with Crippen LogP contribution in [0.5, 0.6) is 0 Å². The van der Waals surface area contributed by atoms with Crippen LogP contribution < -0.4 is 10.6 Å². The number of hydrogen-bond acceptors (Lipinski definition) is 6. The van der Waals surface area contributed by atoms with Gasteiger partial charge >= 0.3 is 5.97 Å². The molecular formula is C25H36N2O6. The standard InChI is InChI=1S/C25H36N2O6/c1-4-33-25(32)22(29)19(15-17-11-7-5-8-12-17)26-23(30)20(16(2)3)27-24(31)21(28)18-13-9-6-10-14-18/h6,9-10,13-14,16-17,19-20,22,29H,4-5,7-8,11-12,15H2,1-3H3,(H,26,30)(H,27,31)/t19-,20-,22+/m0/s1. The first-order valence-corrected chi connectivity index (χ1v) is 11.8. The van der Waals surface area contributed by atoms with E-state index in [2.05, 4.69) is 10.6 Å². The second kappa shape index (κ2) is 13.1. The Bertz CT molecular complexity index is 804. The van der Waals surface area contributed by atoms with E-state index < -0.39 is 41.8 Å². The van der Waals surface area contributed by atoms with E-state index in [1.54, 1.807) is 39.0 Å². The lowest BCUT2D eigenvalue weighted by Gasteiger charge is -2.31. The largest absolute Gasteiger partial charge is 0.464 e. The van der Waals surface area contributed by atoms with Crippen molar-refractivity contribution in [1.82, 2.24) is 10.6 Å². The van der Waals surface area contributed by atoms with E-state index in [0.717, 1.165) is 32.1 Å². The van der Waals surface area contributed by atoms with Crippen molar-refractivity contribution in [3.8, 4) is 0 Å². The number of rotatable bonds is 11. The fourth-order valence-corrected chi connectivity index (χ4v) is 4.18. The molecule has 0 bridgehead atoms. The SMILES string of the molecule is CCOC(=O)[C@H](O)[C@H](CC1CCCCC1)NC(=O)[C@@H](NC(=O)C(=O)c1ccccc1)C(C)C. The predicted octanol–water partition coefficient (Wildman–Crippen LogP) is 2.39. The van der Waals surface area contributed by atoms with Gasteiger partial charge in [0.05, 0.1) is 12.6 Å². The first-order chi connectivity index (χ1) is 15.7. The number of carbonyl (C=O) groups is 4. The Morgan fingerprint density at radius 3 is 2.24 bits per heavy atom. The van der Waals surface area contributed by atoms with Crippen LogP contribution in [-0.4, -0.2) is 53.5 Å². The van der Waals surface area contributed by atoms with Crippen LogP contribution in [0.4, 0.5) is 0 Å². The van der Waals surface area contributed by atoms with Crippen LogP contribution in [0.3, 0.4) is 0 Å². The van der Waals surface area contributed by atoms with Crippen LogP contribution >= 0.6 is 0 Å². The van der Waals surface area contributed by atoms with E-state index in [0.29, 0.717) is 6.42 Å². The second-order valence-corrected chi connectivity index (χ2v) is 8.94. The van der Waals surface area contributed by atoms with E-state index in [-0.39, 0.29) is 24.0 Å². The van der Waals surface area contributed by atoms with E-state index >= 15 is 0 Å². The molecule has 0 saturated heterocycles. The molecule has 33 heavy (non-hydrogen) atoms. The number of amides is 2. The van der Waals surface area contributed by atoms with Gasteiger partial charge in [-0.05, 0) is 25.2 Å².